The summed E-state index contributed by atoms with van der Waals surface area (Å²) in [5.41, 5.74) is 2.35. The number of hydrogen-bond donors (Lipinski definition) is 1. The number of aryl methyl sites for hydroxylation is 1. The normalized spacial score (nSPS) is 27.9. The minimum atomic E-state index is -0.163. The van der Waals surface area contributed by atoms with Gasteiger partial charge in [-0.1, -0.05) is 29.8 Å². The molecule has 27 heavy (non-hydrogen) atoms. The van der Waals surface area contributed by atoms with Gasteiger partial charge < -0.3 is 15.1 Å². The van der Waals surface area contributed by atoms with Crippen LogP contribution in [0.15, 0.2) is 24.3 Å². The van der Waals surface area contributed by atoms with E-state index in [4.69, 9.17) is 0 Å². The molecule has 0 saturated carbocycles. The SMILES string of the molecule is Cc1ccc(CN2CC(C(=O)N3CC[C@@H]4CNC[C@@H]4CC3)CC2=O)cc1.Cl. The number of benzene rings is 1. The summed E-state index contributed by atoms with van der Waals surface area (Å²) in [6, 6.07) is 8.28. The van der Waals surface area contributed by atoms with E-state index in [-0.39, 0.29) is 30.1 Å². The summed E-state index contributed by atoms with van der Waals surface area (Å²) < 4.78 is 0. The molecule has 4 rings (SSSR count). The van der Waals surface area contributed by atoms with Gasteiger partial charge in [0.05, 0.1) is 5.92 Å². The van der Waals surface area contributed by atoms with Gasteiger partial charge >= 0.3 is 0 Å². The van der Waals surface area contributed by atoms with Crippen LogP contribution < -0.4 is 5.32 Å². The fourth-order valence-corrected chi connectivity index (χ4v) is 4.70. The zero-order valence-corrected chi connectivity index (χ0v) is 16.8. The topological polar surface area (TPSA) is 52.7 Å². The third kappa shape index (κ3) is 4.46. The lowest BCUT2D eigenvalue weighted by Gasteiger charge is -2.24. The standard InChI is InChI=1S/C21H29N3O2.ClH/c1-15-2-4-16(5-3-15)13-24-14-19(10-20(24)25)21(26)23-8-6-17-11-22-12-18(17)7-9-23;/h2-5,17-19,22H,6-14H2,1H3;1H/t17-,18+,19?;. The van der Waals surface area contributed by atoms with E-state index in [0.29, 0.717) is 19.5 Å². The van der Waals surface area contributed by atoms with E-state index in [9.17, 15) is 9.59 Å². The number of fused-ring (bicyclic) bond motifs is 1. The molecule has 0 spiro atoms. The quantitative estimate of drug-likeness (QED) is 0.859. The van der Waals surface area contributed by atoms with Crippen LogP contribution in [0.2, 0.25) is 0 Å². The van der Waals surface area contributed by atoms with Crippen LogP contribution in [0.1, 0.15) is 30.4 Å². The van der Waals surface area contributed by atoms with Crippen molar-refractivity contribution >= 4 is 24.2 Å². The molecule has 3 atom stereocenters. The van der Waals surface area contributed by atoms with Gasteiger partial charge in [-0.25, -0.2) is 0 Å². The van der Waals surface area contributed by atoms with Crippen molar-refractivity contribution in [3.8, 4) is 0 Å². The van der Waals surface area contributed by atoms with Gasteiger partial charge in [0.1, 0.15) is 0 Å². The summed E-state index contributed by atoms with van der Waals surface area (Å²) in [6.07, 6.45) is 2.56. The van der Waals surface area contributed by atoms with Crippen molar-refractivity contribution in [3.63, 3.8) is 0 Å². The molecule has 5 nitrogen and oxygen atoms in total. The average Bonchev–Trinajstić information content (AvgIpc) is 3.18. The number of carbonyl (C=O) groups is 2. The molecule has 1 aromatic carbocycles. The Morgan fingerprint density at radius 1 is 1.11 bits per heavy atom. The largest absolute Gasteiger partial charge is 0.342 e. The molecule has 3 aliphatic rings. The van der Waals surface area contributed by atoms with Crippen LogP contribution in [0, 0.1) is 24.7 Å². The minimum Gasteiger partial charge on any atom is -0.342 e. The van der Waals surface area contributed by atoms with Gasteiger partial charge in [0.2, 0.25) is 11.8 Å². The van der Waals surface area contributed by atoms with Crippen LogP contribution in [0.3, 0.4) is 0 Å². The summed E-state index contributed by atoms with van der Waals surface area (Å²) >= 11 is 0. The Morgan fingerprint density at radius 2 is 1.74 bits per heavy atom. The molecule has 0 radical (unpaired) electrons. The zero-order chi connectivity index (χ0) is 18.1. The Labute approximate surface area is 167 Å². The second-order valence-electron chi connectivity index (χ2n) is 8.24. The zero-order valence-electron chi connectivity index (χ0n) is 16.0. The Hall–Kier alpha value is -1.59. The van der Waals surface area contributed by atoms with Crippen molar-refractivity contribution in [1.29, 1.82) is 0 Å². The first-order valence-electron chi connectivity index (χ1n) is 9.93. The van der Waals surface area contributed by atoms with E-state index < -0.39 is 0 Å². The molecular weight excluding hydrogens is 362 g/mol. The first kappa shape index (κ1) is 20.2. The number of nitrogens with one attached hydrogen (secondary N) is 1. The van der Waals surface area contributed by atoms with E-state index in [1.165, 1.54) is 5.56 Å². The van der Waals surface area contributed by atoms with Crippen molar-refractivity contribution in [2.24, 2.45) is 17.8 Å². The van der Waals surface area contributed by atoms with Crippen LogP contribution in [0.5, 0.6) is 0 Å². The number of amides is 2. The number of hydrogen-bond acceptors (Lipinski definition) is 3. The maximum absolute atomic E-state index is 13.0. The molecule has 3 saturated heterocycles. The predicted octanol–water partition coefficient (Wildman–Crippen LogP) is 2.22. The Bertz CT molecular complexity index is 665. The molecule has 1 unspecified atom stereocenters. The number of nitrogens with zero attached hydrogens (tertiary/aromatic N) is 2. The number of halogens is 1. The van der Waals surface area contributed by atoms with Gasteiger partial charge in [0.25, 0.3) is 0 Å². The second-order valence-corrected chi connectivity index (χ2v) is 8.24. The van der Waals surface area contributed by atoms with Crippen LogP contribution >= 0.6 is 12.4 Å². The van der Waals surface area contributed by atoms with Crippen LogP contribution in [-0.4, -0.2) is 54.3 Å². The average molecular weight is 392 g/mol. The maximum Gasteiger partial charge on any atom is 0.227 e. The summed E-state index contributed by atoms with van der Waals surface area (Å²) in [6.45, 7) is 7.13. The lowest BCUT2D eigenvalue weighted by Crippen LogP contribution is -2.38. The number of carbonyl (C=O) groups excluding carboxylic acids is 2. The summed E-state index contributed by atoms with van der Waals surface area (Å²) in [7, 11) is 0. The van der Waals surface area contributed by atoms with Crippen molar-refractivity contribution < 1.29 is 9.59 Å². The molecule has 148 valence electrons. The predicted molar refractivity (Wildman–Crippen MR) is 108 cm³/mol. The number of likely N-dealkylation sites (tertiary alicyclic amines) is 2. The van der Waals surface area contributed by atoms with Crippen molar-refractivity contribution in [2.45, 2.75) is 32.7 Å². The fourth-order valence-electron chi connectivity index (χ4n) is 4.70. The Morgan fingerprint density at radius 3 is 2.37 bits per heavy atom. The fraction of sp³-hybridized carbons (Fsp3) is 0.619. The van der Waals surface area contributed by atoms with Crippen LogP contribution in [0.25, 0.3) is 0 Å². The molecule has 1 N–H and O–H groups in total. The van der Waals surface area contributed by atoms with E-state index in [1.807, 2.05) is 9.80 Å². The monoisotopic (exact) mass is 391 g/mol. The lowest BCUT2D eigenvalue weighted by atomic mass is 9.92. The first-order valence-corrected chi connectivity index (χ1v) is 9.93. The van der Waals surface area contributed by atoms with E-state index in [2.05, 4.69) is 36.5 Å². The van der Waals surface area contributed by atoms with E-state index >= 15 is 0 Å². The minimum absolute atomic E-state index is 0. The van der Waals surface area contributed by atoms with Crippen LogP contribution in [0.4, 0.5) is 0 Å². The molecular formula is C21H30ClN3O2. The van der Waals surface area contributed by atoms with Gasteiger partial charge in [0.15, 0.2) is 0 Å². The molecule has 2 amide bonds. The van der Waals surface area contributed by atoms with Gasteiger partial charge in [0, 0.05) is 32.6 Å². The molecule has 0 aliphatic carbocycles. The summed E-state index contributed by atoms with van der Waals surface area (Å²) in [5.74, 6) is 1.58. The third-order valence-corrected chi connectivity index (χ3v) is 6.39. The van der Waals surface area contributed by atoms with Gasteiger partial charge in [-0.2, -0.15) is 0 Å². The molecule has 3 heterocycles. The molecule has 0 bridgehead atoms. The second kappa shape index (κ2) is 8.61. The highest BCUT2D eigenvalue weighted by Crippen LogP contribution is 2.29. The van der Waals surface area contributed by atoms with Gasteiger partial charge in [-0.05, 0) is 50.3 Å². The molecule has 0 aromatic heterocycles. The maximum atomic E-state index is 13.0. The van der Waals surface area contributed by atoms with E-state index in [1.54, 1.807) is 0 Å². The summed E-state index contributed by atoms with van der Waals surface area (Å²) in [5, 5.41) is 3.47. The van der Waals surface area contributed by atoms with Crippen molar-refractivity contribution in [3.05, 3.63) is 35.4 Å². The van der Waals surface area contributed by atoms with Crippen molar-refractivity contribution in [1.82, 2.24) is 15.1 Å². The Balaban J connectivity index is 0.00000210. The highest BCUT2D eigenvalue weighted by molar-refractivity contribution is 5.89. The van der Waals surface area contributed by atoms with Crippen molar-refractivity contribution in [2.75, 3.05) is 32.7 Å². The highest BCUT2D eigenvalue weighted by atomic mass is 35.5. The summed E-state index contributed by atoms with van der Waals surface area (Å²) in [4.78, 5) is 29.3. The van der Waals surface area contributed by atoms with Crippen LogP contribution in [-0.2, 0) is 16.1 Å². The smallest absolute Gasteiger partial charge is 0.227 e. The van der Waals surface area contributed by atoms with Gasteiger partial charge in [-0.15, -0.1) is 12.4 Å². The first-order chi connectivity index (χ1) is 12.6. The lowest BCUT2D eigenvalue weighted by molar-refractivity contribution is -0.135. The molecule has 1 aromatic rings. The third-order valence-electron chi connectivity index (χ3n) is 6.39. The highest BCUT2D eigenvalue weighted by Gasteiger charge is 2.38. The molecule has 3 aliphatic heterocycles. The number of rotatable bonds is 3. The Kier molecular flexibility index (Phi) is 6.43. The van der Waals surface area contributed by atoms with Gasteiger partial charge in [-0.3, -0.25) is 9.59 Å². The molecule has 3 fully saturated rings. The van der Waals surface area contributed by atoms with E-state index in [0.717, 1.165) is 56.4 Å². The molecule has 6 heteroatoms.